The van der Waals surface area contributed by atoms with Crippen LogP contribution in [0.3, 0.4) is 0 Å². The Morgan fingerprint density at radius 3 is 2.54 bits per heavy atom. The molecule has 0 radical (unpaired) electrons. The van der Waals surface area contributed by atoms with E-state index in [1.54, 1.807) is 12.4 Å². The molecule has 0 aliphatic heterocycles. The highest BCUT2D eigenvalue weighted by Crippen LogP contribution is 2.34. The number of carbonyl (C=O) groups excluding carboxylic acids is 2. The van der Waals surface area contributed by atoms with Gasteiger partial charge in [0.2, 0.25) is 11.8 Å². The van der Waals surface area contributed by atoms with Crippen LogP contribution < -0.4 is 15.4 Å². The molecular weight excluding hydrogens is 466 g/mol. The first kappa shape index (κ1) is 24.5. The molecule has 0 atom stereocenters. The molecule has 2 heterocycles. The number of nitrogens with one attached hydrogen (secondary N) is 2. The van der Waals surface area contributed by atoms with E-state index in [4.69, 9.17) is 4.74 Å². The third-order valence-electron chi connectivity index (χ3n) is 6.29. The average molecular weight is 498 g/mol. The van der Waals surface area contributed by atoms with Crippen molar-refractivity contribution in [2.75, 3.05) is 10.6 Å². The van der Waals surface area contributed by atoms with Crippen molar-refractivity contribution in [2.24, 2.45) is 5.92 Å². The highest BCUT2D eigenvalue weighted by atomic mass is 16.5. The van der Waals surface area contributed by atoms with Crippen LogP contribution in [0.5, 0.6) is 11.5 Å². The van der Waals surface area contributed by atoms with Crippen molar-refractivity contribution in [1.29, 1.82) is 0 Å². The van der Waals surface area contributed by atoms with E-state index in [9.17, 15) is 9.59 Å². The van der Waals surface area contributed by atoms with Gasteiger partial charge >= 0.3 is 0 Å². The van der Waals surface area contributed by atoms with Gasteiger partial charge in [0.05, 0.1) is 29.4 Å². The molecule has 8 nitrogen and oxygen atoms in total. The number of anilines is 2. The largest absolute Gasteiger partial charge is 0.456 e. The predicted octanol–water partition coefficient (Wildman–Crippen LogP) is 5.82. The summed E-state index contributed by atoms with van der Waals surface area (Å²) in [6.07, 6.45) is 7.34. The standard InChI is InChI=1S/C29H31N5O3/c1-18-13-19(14-27(35)32-22-16-31-34(17-22)29(2,3)4)5-10-25(18)37-26-11-12-30-24-9-8-21(15-23(24)26)33-28(36)20-6-7-20/h5,8-13,15-17,20H,6-7,14H2,1-4H3,(H,32,35)(H,33,36). The molecule has 1 aliphatic rings. The van der Waals surface area contributed by atoms with Crippen LogP contribution in [-0.2, 0) is 21.5 Å². The lowest BCUT2D eigenvalue weighted by Crippen LogP contribution is -2.22. The van der Waals surface area contributed by atoms with E-state index in [2.05, 4.69) is 41.5 Å². The fourth-order valence-corrected chi connectivity index (χ4v) is 4.08. The number of hydrogen-bond donors (Lipinski definition) is 2. The van der Waals surface area contributed by atoms with Gasteiger partial charge in [0.15, 0.2) is 0 Å². The molecule has 5 rings (SSSR count). The number of amides is 2. The molecule has 2 N–H and O–H groups in total. The molecule has 8 heteroatoms. The van der Waals surface area contributed by atoms with Crippen LogP contribution in [0.2, 0.25) is 0 Å². The summed E-state index contributed by atoms with van der Waals surface area (Å²) in [5.74, 6) is 1.42. The maximum absolute atomic E-state index is 12.6. The van der Waals surface area contributed by atoms with Crippen LogP contribution in [0.4, 0.5) is 11.4 Å². The zero-order valence-electron chi connectivity index (χ0n) is 21.5. The zero-order valence-corrected chi connectivity index (χ0v) is 21.5. The van der Waals surface area contributed by atoms with E-state index < -0.39 is 0 Å². The Kier molecular flexibility index (Phi) is 6.41. The third-order valence-corrected chi connectivity index (χ3v) is 6.29. The third kappa shape index (κ3) is 5.80. The number of aromatic nitrogens is 3. The summed E-state index contributed by atoms with van der Waals surface area (Å²) in [6.45, 7) is 8.12. The average Bonchev–Trinajstić information content (AvgIpc) is 3.59. The number of carbonyl (C=O) groups is 2. The first-order valence-corrected chi connectivity index (χ1v) is 12.5. The van der Waals surface area contributed by atoms with E-state index in [0.717, 1.165) is 40.6 Å². The second-order valence-corrected chi connectivity index (χ2v) is 10.6. The van der Waals surface area contributed by atoms with Crippen molar-refractivity contribution in [3.05, 3.63) is 72.2 Å². The van der Waals surface area contributed by atoms with Gasteiger partial charge in [-0.3, -0.25) is 19.3 Å². The second kappa shape index (κ2) is 9.69. The Hall–Kier alpha value is -4.20. The summed E-state index contributed by atoms with van der Waals surface area (Å²) < 4.78 is 8.09. The van der Waals surface area contributed by atoms with E-state index in [0.29, 0.717) is 17.2 Å². The van der Waals surface area contributed by atoms with Crippen molar-refractivity contribution < 1.29 is 14.3 Å². The molecule has 2 amide bonds. The van der Waals surface area contributed by atoms with Crippen molar-refractivity contribution in [2.45, 2.75) is 52.5 Å². The molecule has 1 aliphatic carbocycles. The van der Waals surface area contributed by atoms with Crippen LogP contribution in [-0.4, -0.2) is 26.6 Å². The summed E-state index contributed by atoms with van der Waals surface area (Å²) in [6, 6.07) is 13.2. The van der Waals surface area contributed by atoms with Gasteiger partial charge in [0.25, 0.3) is 0 Å². The molecule has 0 spiro atoms. The summed E-state index contributed by atoms with van der Waals surface area (Å²) in [5, 5.41) is 11.0. The van der Waals surface area contributed by atoms with Gasteiger partial charge in [-0.2, -0.15) is 5.10 Å². The van der Waals surface area contributed by atoms with E-state index in [-0.39, 0.29) is 29.7 Å². The number of benzene rings is 2. The Morgan fingerprint density at radius 1 is 1.03 bits per heavy atom. The number of nitrogens with zero attached hydrogens (tertiary/aromatic N) is 3. The van der Waals surface area contributed by atoms with Gasteiger partial charge < -0.3 is 15.4 Å². The quantitative estimate of drug-likeness (QED) is 0.335. The molecule has 2 aromatic carbocycles. The Bertz CT molecular complexity index is 1480. The first-order valence-electron chi connectivity index (χ1n) is 12.5. The van der Waals surface area contributed by atoms with Crippen LogP contribution in [0.1, 0.15) is 44.7 Å². The van der Waals surface area contributed by atoms with Crippen LogP contribution in [0.15, 0.2) is 61.1 Å². The summed E-state index contributed by atoms with van der Waals surface area (Å²) in [4.78, 5) is 29.2. The lowest BCUT2D eigenvalue weighted by atomic mass is 10.1. The Morgan fingerprint density at radius 2 is 1.84 bits per heavy atom. The van der Waals surface area contributed by atoms with Gasteiger partial charge in [0, 0.05) is 29.4 Å². The molecule has 0 unspecified atom stereocenters. The minimum Gasteiger partial charge on any atom is -0.456 e. The number of fused-ring (bicyclic) bond motifs is 1. The van der Waals surface area contributed by atoms with Crippen molar-refractivity contribution in [1.82, 2.24) is 14.8 Å². The predicted molar refractivity (Wildman–Crippen MR) is 144 cm³/mol. The number of hydrogen-bond acceptors (Lipinski definition) is 5. The van der Waals surface area contributed by atoms with Gasteiger partial charge in [-0.25, -0.2) is 0 Å². The van der Waals surface area contributed by atoms with E-state index >= 15 is 0 Å². The molecule has 190 valence electrons. The SMILES string of the molecule is Cc1cc(CC(=O)Nc2cnn(C(C)(C)C)c2)ccc1Oc1ccnc2ccc(NC(=O)C3CC3)cc12. The Balaban J connectivity index is 1.28. The minimum atomic E-state index is -0.151. The normalized spacial score (nSPS) is 13.4. The molecule has 1 saturated carbocycles. The molecule has 2 aromatic heterocycles. The van der Waals surface area contributed by atoms with Crippen molar-refractivity contribution in [3.63, 3.8) is 0 Å². The molecule has 1 fully saturated rings. The van der Waals surface area contributed by atoms with Gasteiger partial charge in [-0.1, -0.05) is 12.1 Å². The van der Waals surface area contributed by atoms with Crippen LogP contribution in [0.25, 0.3) is 10.9 Å². The zero-order chi connectivity index (χ0) is 26.2. The van der Waals surface area contributed by atoms with E-state index in [1.165, 1.54) is 0 Å². The van der Waals surface area contributed by atoms with Crippen molar-refractivity contribution >= 4 is 34.1 Å². The van der Waals surface area contributed by atoms with Crippen molar-refractivity contribution in [3.8, 4) is 11.5 Å². The Labute approximate surface area is 216 Å². The molecule has 4 aromatic rings. The minimum absolute atomic E-state index is 0.0595. The maximum atomic E-state index is 12.6. The van der Waals surface area contributed by atoms with Gasteiger partial charge in [-0.15, -0.1) is 0 Å². The fourth-order valence-electron chi connectivity index (χ4n) is 4.08. The highest BCUT2D eigenvalue weighted by Gasteiger charge is 2.29. The lowest BCUT2D eigenvalue weighted by Gasteiger charge is -2.18. The molecule has 0 saturated heterocycles. The maximum Gasteiger partial charge on any atom is 0.228 e. The first-order chi connectivity index (χ1) is 17.7. The lowest BCUT2D eigenvalue weighted by molar-refractivity contribution is -0.117. The highest BCUT2D eigenvalue weighted by molar-refractivity contribution is 5.97. The summed E-state index contributed by atoms with van der Waals surface area (Å²) >= 11 is 0. The number of pyridine rings is 1. The van der Waals surface area contributed by atoms with Crippen LogP contribution in [0, 0.1) is 12.8 Å². The monoisotopic (exact) mass is 497 g/mol. The molecular formula is C29H31N5O3. The summed E-state index contributed by atoms with van der Waals surface area (Å²) in [5.41, 5.74) is 3.83. The molecule has 0 bridgehead atoms. The smallest absolute Gasteiger partial charge is 0.228 e. The second-order valence-electron chi connectivity index (χ2n) is 10.6. The topological polar surface area (TPSA) is 98.1 Å². The number of rotatable bonds is 7. The van der Waals surface area contributed by atoms with Gasteiger partial charge in [0.1, 0.15) is 11.5 Å². The number of aryl methyl sites for hydroxylation is 1. The fraction of sp³-hybridized carbons (Fsp3) is 0.310. The van der Waals surface area contributed by atoms with Crippen LogP contribution >= 0.6 is 0 Å². The number of ether oxygens (including phenoxy) is 1. The van der Waals surface area contributed by atoms with E-state index in [1.807, 2.05) is 60.3 Å². The van der Waals surface area contributed by atoms with Gasteiger partial charge in [-0.05, 0) is 82.0 Å². The molecule has 37 heavy (non-hydrogen) atoms. The summed E-state index contributed by atoms with van der Waals surface area (Å²) in [7, 11) is 0.